The molecule has 0 spiro atoms. The molecule has 2 aromatic rings. The van der Waals surface area contributed by atoms with Crippen LogP contribution in [0.5, 0.6) is 11.5 Å². The number of thiophene rings is 1. The van der Waals surface area contributed by atoms with Gasteiger partial charge in [-0.05, 0) is 36.4 Å². The highest BCUT2D eigenvalue weighted by Crippen LogP contribution is 2.32. The summed E-state index contributed by atoms with van der Waals surface area (Å²) in [5, 5.41) is 8.10. The Morgan fingerprint density at radius 2 is 2.11 bits per heavy atom. The third-order valence-corrected chi connectivity index (χ3v) is 6.13. The van der Waals surface area contributed by atoms with E-state index >= 15 is 0 Å². The van der Waals surface area contributed by atoms with Gasteiger partial charge in [0, 0.05) is 29.7 Å². The van der Waals surface area contributed by atoms with Crippen LogP contribution in [0.2, 0.25) is 0 Å². The Balaban J connectivity index is 1.27. The Bertz CT molecular complexity index is 839. The summed E-state index contributed by atoms with van der Waals surface area (Å²) in [6.07, 6.45) is 2.88. The van der Waals surface area contributed by atoms with Crippen LogP contribution in [0.4, 0.5) is 0 Å². The van der Waals surface area contributed by atoms with Crippen molar-refractivity contribution in [3.05, 3.63) is 46.7 Å². The normalized spacial score (nSPS) is 23.3. The summed E-state index contributed by atoms with van der Waals surface area (Å²) in [5.41, 5.74) is -0.317. The molecular weight excluding hydrogens is 376 g/mol. The number of amides is 2. The first-order chi connectivity index (χ1) is 13.6. The standard InChI is InChI=1S/C21H24N2O4S/c24-19(22-13-15-14-26-17-5-1-2-6-18(17)27-15)7-9-21(10-8-20(25)23-21)12-16-4-3-11-28-16/h1-6,11,15H,7-10,12-14H2,(H,22,24)(H,23,25). The quantitative estimate of drug-likeness (QED) is 0.749. The fraction of sp³-hybridized carbons (Fsp3) is 0.429. The lowest BCUT2D eigenvalue weighted by Gasteiger charge is -2.29. The van der Waals surface area contributed by atoms with Gasteiger partial charge < -0.3 is 20.1 Å². The average molecular weight is 401 g/mol. The summed E-state index contributed by atoms with van der Waals surface area (Å²) in [6.45, 7) is 0.813. The molecule has 0 aliphatic carbocycles. The molecule has 3 heterocycles. The summed E-state index contributed by atoms with van der Waals surface area (Å²) in [4.78, 5) is 25.5. The van der Waals surface area contributed by atoms with Crippen molar-refractivity contribution in [1.82, 2.24) is 10.6 Å². The van der Waals surface area contributed by atoms with Gasteiger partial charge in [0.1, 0.15) is 12.7 Å². The van der Waals surface area contributed by atoms with Gasteiger partial charge in [0.15, 0.2) is 11.5 Å². The number of carbonyl (C=O) groups excluding carboxylic acids is 2. The second-order valence-corrected chi connectivity index (χ2v) is 8.42. The topological polar surface area (TPSA) is 76.7 Å². The van der Waals surface area contributed by atoms with Crippen LogP contribution in [-0.2, 0) is 16.0 Å². The van der Waals surface area contributed by atoms with E-state index in [-0.39, 0.29) is 23.5 Å². The second-order valence-electron chi connectivity index (χ2n) is 7.39. The van der Waals surface area contributed by atoms with Crippen molar-refractivity contribution in [2.24, 2.45) is 0 Å². The van der Waals surface area contributed by atoms with Crippen LogP contribution in [0.1, 0.15) is 30.6 Å². The van der Waals surface area contributed by atoms with Crippen LogP contribution in [0.25, 0.3) is 0 Å². The van der Waals surface area contributed by atoms with Crippen molar-refractivity contribution in [2.45, 2.75) is 43.7 Å². The fourth-order valence-electron chi connectivity index (χ4n) is 3.76. The Labute approximate surface area is 168 Å². The average Bonchev–Trinajstić information content (AvgIpc) is 3.35. The number of para-hydroxylation sites is 2. The molecule has 4 rings (SSSR count). The Morgan fingerprint density at radius 1 is 1.25 bits per heavy atom. The number of rotatable bonds is 7. The third-order valence-electron chi connectivity index (χ3n) is 5.25. The fourth-order valence-corrected chi connectivity index (χ4v) is 4.61. The van der Waals surface area contributed by atoms with Gasteiger partial charge in [0.2, 0.25) is 11.8 Å². The van der Waals surface area contributed by atoms with E-state index in [9.17, 15) is 9.59 Å². The molecule has 1 fully saturated rings. The van der Waals surface area contributed by atoms with Gasteiger partial charge in [-0.15, -0.1) is 11.3 Å². The number of nitrogens with one attached hydrogen (secondary N) is 2. The Morgan fingerprint density at radius 3 is 2.86 bits per heavy atom. The van der Waals surface area contributed by atoms with Gasteiger partial charge >= 0.3 is 0 Å². The maximum atomic E-state index is 12.4. The molecule has 2 unspecified atom stereocenters. The molecular formula is C21H24N2O4S. The van der Waals surface area contributed by atoms with Crippen molar-refractivity contribution < 1.29 is 19.1 Å². The molecule has 1 aromatic carbocycles. The van der Waals surface area contributed by atoms with Crippen LogP contribution in [-0.4, -0.2) is 36.6 Å². The highest BCUT2D eigenvalue weighted by molar-refractivity contribution is 7.09. The molecule has 0 saturated carbocycles. The van der Waals surface area contributed by atoms with Crippen LogP contribution in [0.3, 0.4) is 0 Å². The molecule has 148 valence electrons. The lowest BCUT2D eigenvalue weighted by molar-refractivity contribution is -0.123. The first kappa shape index (κ1) is 18.8. The number of hydrogen-bond acceptors (Lipinski definition) is 5. The molecule has 2 N–H and O–H groups in total. The lowest BCUT2D eigenvalue weighted by Crippen LogP contribution is -2.45. The van der Waals surface area contributed by atoms with Crippen LogP contribution < -0.4 is 20.1 Å². The summed E-state index contributed by atoms with van der Waals surface area (Å²) >= 11 is 1.68. The highest BCUT2D eigenvalue weighted by atomic mass is 32.1. The first-order valence-electron chi connectivity index (χ1n) is 9.60. The monoisotopic (exact) mass is 400 g/mol. The molecule has 2 aliphatic heterocycles. The van der Waals surface area contributed by atoms with E-state index in [1.165, 1.54) is 4.88 Å². The van der Waals surface area contributed by atoms with Crippen LogP contribution in [0, 0.1) is 0 Å². The van der Waals surface area contributed by atoms with E-state index in [2.05, 4.69) is 16.7 Å². The molecule has 0 radical (unpaired) electrons. The SMILES string of the molecule is O=C(CCC1(Cc2cccs2)CCC(=O)N1)NCC1COc2ccccc2O1. The number of fused-ring (bicyclic) bond motifs is 1. The van der Waals surface area contributed by atoms with Gasteiger partial charge in [0.25, 0.3) is 0 Å². The third kappa shape index (κ3) is 4.47. The molecule has 28 heavy (non-hydrogen) atoms. The van der Waals surface area contributed by atoms with E-state index in [0.717, 1.165) is 18.6 Å². The first-order valence-corrected chi connectivity index (χ1v) is 10.5. The van der Waals surface area contributed by atoms with Crippen molar-refractivity contribution >= 4 is 23.2 Å². The van der Waals surface area contributed by atoms with E-state index in [1.54, 1.807) is 11.3 Å². The summed E-state index contributed by atoms with van der Waals surface area (Å²) in [7, 11) is 0. The number of benzene rings is 1. The van der Waals surface area contributed by atoms with E-state index in [4.69, 9.17) is 9.47 Å². The minimum absolute atomic E-state index is 0.0332. The number of hydrogen-bond donors (Lipinski definition) is 2. The summed E-state index contributed by atoms with van der Waals surface area (Å²) < 4.78 is 11.5. The Kier molecular flexibility index (Phi) is 5.52. The number of ether oxygens (including phenoxy) is 2. The molecule has 2 atom stereocenters. The smallest absolute Gasteiger partial charge is 0.220 e. The largest absolute Gasteiger partial charge is 0.486 e. The van der Waals surface area contributed by atoms with Crippen molar-refractivity contribution in [1.29, 1.82) is 0 Å². The van der Waals surface area contributed by atoms with E-state index in [0.29, 0.717) is 38.2 Å². The summed E-state index contributed by atoms with van der Waals surface area (Å²) in [6, 6.07) is 11.6. The van der Waals surface area contributed by atoms with Crippen LogP contribution in [0.15, 0.2) is 41.8 Å². The minimum Gasteiger partial charge on any atom is -0.486 e. The molecule has 1 aromatic heterocycles. The number of carbonyl (C=O) groups is 2. The molecule has 2 amide bonds. The van der Waals surface area contributed by atoms with E-state index in [1.807, 2.05) is 35.7 Å². The minimum atomic E-state index is -0.317. The molecule has 2 aliphatic rings. The highest BCUT2D eigenvalue weighted by Gasteiger charge is 2.38. The van der Waals surface area contributed by atoms with E-state index < -0.39 is 0 Å². The van der Waals surface area contributed by atoms with Crippen molar-refractivity contribution in [3.63, 3.8) is 0 Å². The molecule has 0 bridgehead atoms. The van der Waals surface area contributed by atoms with Crippen LogP contribution >= 0.6 is 11.3 Å². The lowest BCUT2D eigenvalue weighted by atomic mass is 9.87. The zero-order valence-corrected chi connectivity index (χ0v) is 16.4. The Hall–Kier alpha value is -2.54. The molecule has 6 nitrogen and oxygen atoms in total. The zero-order chi connectivity index (χ0) is 19.4. The van der Waals surface area contributed by atoms with Gasteiger partial charge in [-0.25, -0.2) is 0 Å². The predicted octanol–water partition coefficient (Wildman–Crippen LogP) is 2.68. The molecule has 1 saturated heterocycles. The maximum Gasteiger partial charge on any atom is 0.220 e. The molecule has 7 heteroatoms. The van der Waals surface area contributed by atoms with Gasteiger partial charge in [-0.1, -0.05) is 18.2 Å². The van der Waals surface area contributed by atoms with Gasteiger partial charge in [-0.2, -0.15) is 0 Å². The second kappa shape index (κ2) is 8.22. The van der Waals surface area contributed by atoms with Crippen molar-refractivity contribution in [2.75, 3.05) is 13.2 Å². The van der Waals surface area contributed by atoms with Crippen molar-refractivity contribution in [3.8, 4) is 11.5 Å². The zero-order valence-electron chi connectivity index (χ0n) is 15.6. The van der Waals surface area contributed by atoms with Gasteiger partial charge in [0.05, 0.1) is 6.54 Å². The van der Waals surface area contributed by atoms with Gasteiger partial charge in [-0.3, -0.25) is 9.59 Å². The summed E-state index contributed by atoms with van der Waals surface area (Å²) in [5.74, 6) is 1.48. The maximum absolute atomic E-state index is 12.4. The predicted molar refractivity (Wildman–Crippen MR) is 107 cm³/mol.